The quantitative estimate of drug-likeness (QED) is 0.855. The molecule has 0 fully saturated rings. The van der Waals surface area contributed by atoms with Gasteiger partial charge in [0.15, 0.2) is 0 Å². The van der Waals surface area contributed by atoms with Crippen LogP contribution in [0, 0.1) is 6.92 Å². The first kappa shape index (κ1) is 12.1. The van der Waals surface area contributed by atoms with Crippen molar-refractivity contribution in [2.75, 3.05) is 6.61 Å². The molecule has 3 heteroatoms. The Morgan fingerprint density at radius 2 is 2.27 bits per heavy atom. The van der Waals surface area contributed by atoms with E-state index in [-0.39, 0.29) is 6.04 Å². The molecule has 0 saturated carbocycles. The van der Waals surface area contributed by atoms with Crippen LogP contribution in [0.2, 0.25) is 0 Å². The van der Waals surface area contributed by atoms with Crippen molar-refractivity contribution in [3.05, 3.63) is 40.9 Å². The molecule has 0 heterocycles. The zero-order chi connectivity index (χ0) is 11.4. The second-order valence-corrected chi connectivity index (χ2v) is 4.15. The smallest absolute Gasteiger partial charge is 0.123 e. The number of halogens is 1. The number of hydrogen-bond donors (Lipinski definition) is 1. The summed E-state index contributed by atoms with van der Waals surface area (Å²) in [7, 11) is 0. The number of ether oxygens (including phenoxy) is 1. The first-order valence-electron chi connectivity index (χ1n) is 4.83. The van der Waals surface area contributed by atoms with Crippen molar-refractivity contribution in [3.8, 4) is 5.75 Å². The number of aryl methyl sites for hydroxylation is 1. The molecule has 0 unspecified atom stereocenters. The van der Waals surface area contributed by atoms with Crippen LogP contribution < -0.4 is 10.5 Å². The third kappa shape index (κ3) is 3.57. The van der Waals surface area contributed by atoms with Crippen LogP contribution in [-0.4, -0.2) is 6.61 Å². The highest BCUT2D eigenvalue weighted by atomic mass is 35.5. The Kier molecular flexibility index (Phi) is 4.18. The maximum absolute atomic E-state index is 5.78. The lowest BCUT2D eigenvalue weighted by Crippen LogP contribution is -2.06. The van der Waals surface area contributed by atoms with Crippen molar-refractivity contribution < 1.29 is 4.74 Å². The molecule has 0 bridgehead atoms. The molecule has 1 aromatic rings. The Bertz CT molecular complexity index is 361. The van der Waals surface area contributed by atoms with Gasteiger partial charge in [0.1, 0.15) is 12.4 Å². The molecule has 0 radical (unpaired) electrons. The molecule has 1 aromatic carbocycles. The summed E-state index contributed by atoms with van der Waals surface area (Å²) in [5, 5.41) is 0.491. The third-order valence-electron chi connectivity index (χ3n) is 2.11. The highest BCUT2D eigenvalue weighted by Gasteiger charge is 2.04. The van der Waals surface area contributed by atoms with Crippen LogP contribution in [0.4, 0.5) is 0 Å². The number of nitrogens with two attached hydrogens (primary N) is 1. The zero-order valence-electron chi connectivity index (χ0n) is 9.09. The van der Waals surface area contributed by atoms with E-state index in [0.29, 0.717) is 11.6 Å². The topological polar surface area (TPSA) is 35.2 Å². The van der Waals surface area contributed by atoms with E-state index in [1.807, 2.05) is 32.0 Å². The fraction of sp³-hybridized carbons (Fsp3) is 0.333. The minimum atomic E-state index is 0.0424. The lowest BCUT2D eigenvalue weighted by atomic mass is 10.1. The Labute approximate surface area is 95.7 Å². The van der Waals surface area contributed by atoms with E-state index in [1.54, 1.807) is 0 Å². The predicted octanol–water partition coefficient (Wildman–Crippen LogP) is 3.15. The van der Waals surface area contributed by atoms with Gasteiger partial charge in [0.25, 0.3) is 0 Å². The summed E-state index contributed by atoms with van der Waals surface area (Å²) in [6.07, 6.45) is 0. The molecule has 0 aliphatic rings. The molecule has 1 rings (SSSR count). The van der Waals surface area contributed by atoms with Crippen LogP contribution in [0.3, 0.4) is 0 Å². The number of benzene rings is 1. The molecule has 1 atom stereocenters. The Balaban J connectivity index is 2.79. The van der Waals surface area contributed by atoms with Crippen LogP contribution in [0.15, 0.2) is 29.8 Å². The van der Waals surface area contributed by atoms with Crippen molar-refractivity contribution in [2.24, 2.45) is 5.73 Å². The average molecular weight is 226 g/mol. The molecule has 2 N–H and O–H groups in total. The Morgan fingerprint density at radius 3 is 2.73 bits per heavy atom. The molecule has 15 heavy (non-hydrogen) atoms. The van der Waals surface area contributed by atoms with E-state index < -0.39 is 0 Å². The van der Waals surface area contributed by atoms with Crippen LogP contribution in [0.1, 0.15) is 24.1 Å². The Morgan fingerprint density at radius 1 is 1.60 bits per heavy atom. The van der Waals surface area contributed by atoms with Crippen molar-refractivity contribution in [1.82, 2.24) is 0 Å². The molecular formula is C12H16ClNO. The van der Waals surface area contributed by atoms with Crippen molar-refractivity contribution in [3.63, 3.8) is 0 Å². The summed E-state index contributed by atoms with van der Waals surface area (Å²) in [4.78, 5) is 0. The van der Waals surface area contributed by atoms with Gasteiger partial charge in [0.05, 0.1) is 0 Å². The van der Waals surface area contributed by atoms with Gasteiger partial charge >= 0.3 is 0 Å². The Hall–Kier alpha value is -0.990. The van der Waals surface area contributed by atoms with Crippen molar-refractivity contribution >= 4 is 11.6 Å². The summed E-state index contributed by atoms with van der Waals surface area (Å²) >= 11 is 5.62. The predicted molar refractivity (Wildman–Crippen MR) is 64.3 cm³/mol. The molecule has 0 saturated heterocycles. The van der Waals surface area contributed by atoms with E-state index in [0.717, 1.165) is 16.9 Å². The molecule has 0 amide bonds. The first-order valence-corrected chi connectivity index (χ1v) is 5.20. The van der Waals surface area contributed by atoms with Gasteiger partial charge in [-0.2, -0.15) is 0 Å². The fourth-order valence-corrected chi connectivity index (χ4v) is 1.33. The summed E-state index contributed by atoms with van der Waals surface area (Å²) in [5.41, 5.74) is 7.94. The van der Waals surface area contributed by atoms with E-state index in [2.05, 4.69) is 6.58 Å². The van der Waals surface area contributed by atoms with Gasteiger partial charge in [0.2, 0.25) is 0 Å². The number of rotatable bonds is 4. The van der Waals surface area contributed by atoms with Gasteiger partial charge in [-0.3, -0.25) is 0 Å². The summed E-state index contributed by atoms with van der Waals surface area (Å²) in [6, 6.07) is 5.94. The van der Waals surface area contributed by atoms with Crippen LogP contribution in [-0.2, 0) is 0 Å². The maximum Gasteiger partial charge on any atom is 0.123 e. The van der Waals surface area contributed by atoms with Crippen molar-refractivity contribution in [1.29, 1.82) is 0 Å². The number of hydrogen-bond acceptors (Lipinski definition) is 2. The minimum Gasteiger partial charge on any atom is -0.488 e. The molecule has 0 aliphatic carbocycles. The molecule has 0 aromatic heterocycles. The summed E-state index contributed by atoms with van der Waals surface area (Å²) in [5.74, 6) is 0.821. The van der Waals surface area contributed by atoms with E-state index >= 15 is 0 Å². The van der Waals surface area contributed by atoms with Gasteiger partial charge < -0.3 is 10.5 Å². The van der Waals surface area contributed by atoms with Gasteiger partial charge in [-0.05, 0) is 31.0 Å². The van der Waals surface area contributed by atoms with Crippen molar-refractivity contribution in [2.45, 2.75) is 19.9 Å². The van der Waals surface area contributed by atoms with E-state index in [4.69, 9.17) is 22.1 Å². The zero-order valence-corrected chi connectivity index (χ0v) is 9.84. The van der Waals surface area contributed by atoms with E-state index in [9.17, 15) is 0 Å². The van der Waals surface area contributed by atoms with Gasteiger partial charge in [0, 0.05) is 11.1 Å². The molecular weight excluding hydrogens is 210 g/mol. The normalized spacial score (nSPS) is 12.3. The maximum atomic E-state index is 5.78. The van der Waals surface area contributed by atoms with Gasteiger partial charge in [-0.15, -0.1) is 0 Å². The molecule has 2 nitrogen and oxygen atoms in total. The van der Waals surface area contributed by atoms with E-state index in [1.165, 1.54) is 0 Å². The fourth-order valence-electron chi connectivity index (χ4n) is 1.27. The second-order valence-electron chi connectivity index (χ2n) is 3.62. The van der Waals surface area contributed by atoms with Gasteiger partial charge in [-0.1, -0.05) is 30.3 Å². The van der Waals surface area contributed by atoms with Crippen LogP contribution >= 0.6 is 11.6 Å². The molecule has 0 spiro atoms. The summed E-state index contributed by atoms with van der Waals surface area (Å²) in [6.45, 7) is 7.84. The minimum absolute atomic E-state index is 0.0424. The average Bonchev–Trinajstić information content (AvgIpc) is 2.15. The van der Waals surface area contributed by atoms with Gasteiger partial charge in [-0.25, -0.2) is 0 Å². The third-order valence-corrected chi connectivity index (χ3v) is 2.22. The monoisotopic (exact) mass is 225 g/mol. The first-order chi connectivity index (χ1) is 7.00. The molecule has 82 valence electrons. The summed E-state index contributed by atoms with van der Waals surface area (Å²) < 4.78 is 5.46. The lowest BCUT2D eigenvalue weighted by molar-refractivity contribution is 0.357. The highest BCUT2D eigenvalue weighted by molar-refractivity contribution is 6.29. The standard InChI is InChI=1S/C12H16ClNO/c1-8-6-11(10(3)14)4-5-12(8)15-7-9(2)13/h4-6,10H,2,7,14H2,1,3H3/t10-/m1/s1. The highest BCUT2D eigenvalue weighted by Crippen LogP contribution is 2.22. The van der Waals surface area contributed by atoms with Crippen LogP contribution in [0.25, 0.3) is 0 Å². The largest absolute Gasteiger partial charge is 0.488 e. The second kappa shape index (κ2) is 5.19. The SMILES string of the molecule is C=C(Cl)COc1ccc([C@@H](C)N)cc1C. The lowest BCUT2D eigenvalue weighted by Gasteiger charge is -2.11. The van der Waals surface area contributed by atoms with Crippen LogP contribution in [0.5, 0.6) is 5.75 Å². The molecule has 0 aliphatic heterocycles.